The SMILES string of the molecule is CC1(C)[C@H]2CC=C(CCOC(=O)CC3CS(=O)(=O)c4ccccc4O3)[C@@H]1C2. The summed E-state index contributed by atoms with van der Waals surface area (Å²) in [5, 5.41) is 0. The summed E-state index contributed by atoms with van der Waals surface area (Å²) >= 11 is 0. The van der Waals surface area contributed by atoms with Crippen molar-refractivity contribution in [1.29, 1.82) is 0 Å². The van der Waals surface area contributed by atoms with Crippen LogP contribution in [0.4, 0.5) is 0 Å². The molecule has 4 aliphatic rings. The summed E-state index contributed by atoms with van der Waals surface area (Å²) in [6.45, 7) is 4.99. The molecule has 3 aliphatic carbocycles. The Hall–Kier alpha value is -1.82. The van der Waals surface area contributed by atoms with Gasteiger partial charge in [-0.25, -0.2) is 8.42 Å². The van der Waals surface area contributed by atoms with Crippen molar-refractivity contribution in [2.45, 2.75) is 50.5 Å². The van der Waals surface area contributed by atoms with Crippen molar-refractivity contribution in [3.63, 3.8) is 0 Å². The average Bonchev–Trinajstić information content (AvgIpc) is 2.61. The van der Waals surface area contributed by atoms with Crippen LogP contribution in [0.15, 0.2) is 40.8 Å². The maximum atomic E-state index is 12.3. The van der Waals surface area contributed by atoms with Crippen LogP contribution in [-0.4, -0.2) is 32.9 Å². The van der Waals surface area contributed by atoms with E-state index in [1.54, 1.807) is 18.2 Å². The zero-order chi connectivity index (χ0) is 19.2. The van der Waals surface area contributed by atoms with Crippen LogP contribution in [0.1, 0.15) is 39.5 Å². The van der Waals surface area contributed by atoms with Gasteiger partial charge in [0.1, 0.15) is 16.7 Å². The number of para-hydroxylation sites is 1. The number of hydrogen-bond acceptors (Lipinski definition) is 5. The van der Waals surface area contributed by atoms with E-state index in [0.717, 1.165) is 18.8 Å². The fourth-order valence-electron chi connectivity index (χ4n) is 4.74. The van der Waals surface area contributed by atoms with Gasteiger partial charge in [-0.15, -0.1) is 0 Å². The monoisotopic (exact) mass is 390 g/mol. The maximum absolute atomic E-state index is 12.3. The van der Waals surface area contributed by atoms with Crippen molar-refractivity contribution < 1.29 is 22.7 Å². The number of rotatable bonds is 5. The number of sulfone groups is 1. The lowest BCUT2D eigenvalue weighted by Crippen LogP contribution is -2.48. The van der Waals surface area contributed by atoms with Crippen LogP contribution in [0.5, 0.6) is 5.75 Å². The molecule has 0 N–H and O–H groups in total. The Morgan fingerprint density at radius 2 is 2.07 bits per heavy atom. The lowest BCUT2D eigenvalue weighted by molar-refractivity contribution is -0.145. The van der Waals surface area contributed by atoms with Crippen molar-refractivity contribution in [3.8, 4) is 5.75 Å². The first kappa shape index (κ1) is 18.5. The van der Waals surface area contributed by atoms with Gasteiger partial charge < -0.3 is 9.47 Å². The van der Waals surface area contributed by atoms with Gasteiger partial charge >= 0.3 is 5.97 Å². The minimum atomic E-state index is -3.43. The lowest BCUT2D eigenvalue weighted by atomic mass is 9.48. The molecule has 5 rings (SSSR count). The molecule has 0 amide bonds. The van der Waals surface area contributed by atoms with E-state index < -0.39 is 21.9 Å². The minimum absolute atomic E-state index is 0.0520. The third kappa shape index (κ3) is 3.40. The smallest absolute Gasteiger partial charge is 0.309 e. The molecule has 146 valence electrons. The number of benzene rings is 1. The summed E-state index contributed by atoms with van der Waals surface area (Å²) in [5.41, 5.74) is 1.77. The zero-order valence-electron chi connectivity index (χ0n) is 15.8. The lowest BCUT2D eigenvalue weighted by Gasteiger charge is -2.56. The summed E-state index contributed by atoms with van der Waals surface area (Å²) in [5.74, 6) is 1.12. The van der Waals surface area contributed by atoms with Crippen LogP contribution in [0.2, 0.25) is 0 Å². The highest BCUT2D eigenvalue weighted by molar-refractivity contribution is 7.91. The Kier molecular flexibility index (Phi) is 4.57. The van der Waals surface area contributed by atoms with Crippen LogP contribution >= 0.6 is 0 Å². The third-order valence-corrected chi connectivity index (χ3v) is 8.33. The van der Waals surface area contributed by atoms with E-state index in [4.69, 9.17) is 9.47 Å². The van der Waals surface area contributed by atoms with E-state index in [1.165, 1.54) is 18.1 Å². The third-order valence-electron chi connectivity index (χ3n) is 6.51. The summed E-state index contributed by atoms with van der Waals surface area (Å²) in [6, 6.07) is 6.54. The number of carbonyl (C=O) groups excluding carboxylic acids is 1. The molecule has 1 unspecified atom stereocenters. The molecule has 1 saturated carbocycles. The molecular formula is C21H26O5S. The Balaban J connectivity index is 1.29. The highest BCUT2D eigenvalue weighted by Crippen LogP contribution is 2.59. The molecule has 6 heteroatoms. The molecular weight excluding hydrogens is 364 g/mol. The van der Waals surface area contributed by atoms with Gasteiger partial charge in [0.25, 0.3) is 0 Å². The summed E-state index contributed by atoms with van der Waals surface area (Å²) < 4.78 is 35.8. The van der Waals surface area contributed by atoms with Crippen LogP contribution in [0.25, 0.3) is 0 Å². The fourth-order valence-corrected chi connectivity index (χ4v) is 6.30. The quantitative estimate of drug-likeness (QED) is 0.568. The van der Waals surface area contributed by atoms with Crippen molar-refractivity contribution in [1.82, 2.24) is 0 Å². The Morgan fingerprint density at radius 1 is 1.30 bits per heavy atom. The minimum Gasteiger partial charge on any atom is -0.487 e. The maximum Gasteiger partial charge on any atom is 0.309 e. The average molecular weight is 391 g/mol. The Morgan fingerprint density at radius 3 is 2.81 bits per heavy atom. The standard InChI is InChI=1S/C21H26O5S/c1-21(2)15-8-7-14(17(21)11-15)9-10-25-20(22)12-16-13-27(23,24)19-6-4-3-5-18(19)26-16/h3-7,15-17H,8-13H2,1-2H3/t15-,16?,17-/m0/s1. The van der Waals surface area contributed by atoms with Gasteiger partial charge in [0.05, 0.1) is 18.8 Å². The van der Waals surface area contributed by atoms with Crippen molar-refractivity contribution in [2.75, 3.05) is 12.4 Å². The topological polar surface area (TPSA) is 69.7 Å². The van der Waals surface area contributed by atoms with E-state index in [0.29, 0.717) is 23.7 Å². The largest absolute Gasteiger partial charge is 0.487 e. The van der Waals surface area contributed by atoms with E-state index in [2.05, 4.69) is 19.9 Å². The first-order valence-corrected chi connectivity index (χ1v) is 11.3. The molecule has 0 radical (unpaired) electrons. The van der Waals surface area contributed by atoms with Crippen molar-refractivity contribution in [3.05, 3.63) is 35.9 Å². The molecule has 0 saturated heterocycles. The Bertz CT molecular complexity index is 884. The van der Waals surface area contributed by atoms with Gasteiger partial charge in [-0.2, -0.15) is 0 Å². The number of hydrogen-bond donors (Lipinski definition) is 0. The molecule has 27 heavy (non-hydrogen) atoms. The van der Waals surface area contributed by atoms with Gasteiger partial charge in [-0.05, 0) is 42.2 Å². The highest BCUT2D eigenvalue weighted by Gasteiger charge is 2.50. The predicted octanol–water partition coefficient (Wildman–Crippen LogP) is 3.54. The number of allylic oxidation sites excluding steroid dienone is 1. The van der Waals surface area contributed by atoms with E-state index >= 15 is 0 Å². The van der Waals surface area contributed by atoms with E-state index in [9.17, 15) is 13.2 Å². The molecule has 0 spiro atoms. The van der Waals surface area contributed by atoms with Crippen molar-refractivity contribution in [2.24, 2.45) is 17.3 Å². The van der Waals surface area contributed by atoms with Crippen molar-refractivity contribution >= 4 is 15.8 Å². The first-order valence-electron chi connectivity index (χ1n) is 9.60. The molecule has 5 nitrogen and oxygen atoms in total. The highest BCUT2D eigenvalue weighted by atomic mass is 32.2. The fraction of sp³-hybridized carbons (Fsp3) is 0.571. The zero-order valence-corrected chi connectivity index (χ0v) is 16.6. The first-order chi connectivity index (χ1) is 12.8. The Labute approximate surface area is 160 Å². The van der Waals surface area contributed by atoms with Gasteiger partial charge in [-0.1, -0.05) is 37.6 Å². The normalized spacial score (nSPS) is 29.6. The predicted molar refractivity (Wildman–Crippen MR) is 101 cm³/mol. The second-order valence-electron chi connectivity index (χ2n) is 8.46. The number of carbonyl (C=O) groups is 1. The molecule has 0 aromatic heterocycles. The molecule has 1 fully saturated rings. The summed E-state index contributed by atoms with van der Waals surface area (Å²) in [6.07, 6.45) is 4.70. The van der Waals surface area contributed by atoms with Crippen LogP contribution in [0, 0.1) is 17.3 Å². The molecule has 1 aromatic carbocycles. The van der Waals surface area contributed by atoms with Crippen LogP contribution < -0.4 is 4.74 Å². The number of ether oxygens (including phenoxy) is 2. The second-order valence-corrected chi connectivity index (χ2v) is 10.5. The number of fused-ring (bicyclic) bond motifs is 2. The van der Waals surface area contributed by atoms with E-state index in [1.807, 2.05) is 0 Å². The number of esters is 1. The summed E-state index contributed by atoms with van der Waals surface area (Å²) in [7, 11) is -3.43. The van der Waals surface area contributed by atoms with Gasteiger partial charge in [0, 0.05) is 6.42 Å². The van der Waals surface area contributed by atoms with Gasteiger partial charge in [-0.3, -0.25) is 4.79 Å². The summed E-state index contributed by atoms with van der Waals surface area (Å²) in [4.78, 5) is 12.4. The van der Waals surface area contributed by atoms with Gasteiger partial charge in [0.2, 0.25) is 0 Å². The molecule has 2 bridgehead atoms. The van der Waals surface area contributed by atoms with Crippen LogP contribution in [-0.2, 0) is 19.4 Å². The molecule has 3 atom stereocenters. The van der Waals surface area contributed by atoms with E-state index in [-0.39, 0.29) is 17.1 Å². The van der Waals surface area contributed by atoms with Gasteiger partial charge in [0.15, 0.2) is 9.84 Å². The molecule has 1 aliphatic heterocycles. The molecule has 1 heterocycles. The van der Waals surface area contributed by atoms with Crippen LogP contribution in [0.3, 0.4) is 0 Å². The second kappa shape index (κ2) is 6.66. The molecule has 1 aromatic rings.